The summed E-state index contributed by atoms with van der Waals surface area (Å²) in [5.41, 5.74) is 0.405. The molecule has 0 spiro atoms. The number of aliphatic hydroxyl groups excluding tert-OH is 1. The minimum absolute atomic E-state index is 0.0648. The predicted molar refractivity (Wildman–Crippen MR) is 65.6 cm³/mol. The van der Waals surface area contributed by atoms with Gasteiger partial charge in [-0.15, -0.1) is 0 Å². The van der Waals surface area contributed by atoms with Gasteiger partial charge in [0, 0.05) is 31.2 Å². The third-order valence-electron chi connectivity index (χ3n) is 3.63. The van der Waals surface area contributed by atoms with E-state index in [4.69, 9.17) is 10.2 Å². The SMILES string of the molecule is O=C(O)N1CC(CCO)C(c2cccc(F)c2O)C1. The molecule has 0 aliphatic carbocycles. The van der Waals surface area contributed by atoms with E-state index >= 15 is 0 Å². The summed E-state index contributed by atoms with van der Waals surface area (Å²) >= 11 is 0. The largest absolute Gasteiger partial charge is 0.505 e. The van der Waals surface area contributed by atoms with Crippen LogP contribution in [0, 0.1) is 11.7 Å². The van der Waals surface area contributed by atoms with Crippen molar-refractivity contribution in [2.75, 3.05) is 19.7 Å². The number of hydrogen-bond acceptors (Lipinski definition) is 3. The van der Waals surface area contributed by atoms with Gasteiger partial charge in [0.15, 0.2) is 11.6 Å². The van der Waals surface area contributed by atoms with Crippen LogP contribution in [0.4, 0.5) is 9.18 Å². The minimum atomic E-state index is -1.04. The zero-order chi connectivity index (χ0) is 14.0. The molecule has 3 N–H and O–H groups in total. The van der Waals surface area contributed by atoms with E-state index in [2.05, 4.69) is 0 Å². The molecule has 1 aliphatic heterocycles. The van der Waals surface area contributed by atoms with Crippen molar-refractivity contribution in [1.82, 2.24) is 4.90 Å². The molecule has 0 saturated carbocycles. The van der Waals surface area contributed by atoms with E-state index in [-0.39, 0.29) is 31.5 Å². The molecule has 0 aromatic heterocycles. The van der Waals surface area contributed by atoms with Crippen LogP contribution >= 0.6 is 0 Å². The maximum absolute atomic E-state index is 13.4. The molecule has 0 bridgehead atoms. The molecular weight excluding hydrogens is 253 g/mol. The number of carbonyl (C=O) groups is 1. The second kappa shape index (κ2) is 5.44. The molecule has 1 aromatic carbocycles. The van der Waals surface area contributed by atoms with E-state index in [1.807, 2.05) is 0 Å². The van der Waals surface area contributed by atoms with Gasteiger partial charge in [-0.3, -0.25) is 0 Å². The molecule has 1 amide bonds. The first-order valence-electron chi connectivity index (χ1n) is 6.10. The lowest BCUT2D eigenvalue weighted by atomic mass is 9.86. The molecule has 1 heterocycles. The maximum atomic E-state index is 13.4. The standard InChI is InChI=1S/C13H16FNO4/c14-11-3-1-2-9(12(11)17)10-7-15(13(18)19)6-8(10)4-5-16/h1-3,8,10,16-17H,4-7H2,(H,18,19). The summed E-state index contributed by atoms with van der Waals surface area (Å²) < 4.78 is 13.4. The summed E-state index contributed by atoms with van der Waals surface area (Å²) in [6.07, 6.45) is -0.619. The van der Waals surface area contributed by atoms with Gasteiger partial charge in [-0.1, -0.05) is 12.1 Å². The predicted octanol–water partition coefficient (Wildman–Crippen LogP) is 1.61. The molecule has 1 saturated heterocycles. The van der Waals surface area contributed by atoms with Crippen molar-refractivity contribution in [2.45, 2.75) is 12.3 Å². The van der Waals surface area contributed by atoms with Crippen LogP contribution in [-0.4, -0.2) is 46.0 Å². The zero-order valence-corrected chi connectivity index (χ0v) is 10.3. The lowest BCUT2D eigenvalue weighted by Gasteiger charge is -2.18. The van der Waals surface area contributed by atoms with Crippen molar-refractivity contribution >= 4 is 6.09 Å². The van der Waals surface area contributed by atoms with Gasteiger partial charge in [-0.25, -0.2) is 9.18 Å². The topological polar surface area (TPSA) is 81.0 Å². The Bertz CT molecular complexity index is 480. The number of carboxylic acid groups (broad SMARTS) is 1. The Morgan fingerprint density at radius 2 is 2.16 bits per heavy atom. The summed E-state index contributed by atoms with van der Waals surface area (Å²) in [6, 6.07) is 4.24. The van der Waals surface area contributed by atoms with E-state index < -0.39 is 17.7 Å². The fraction of sp³-hybridized carbons (Fsp3) is 0.462. The Morgan fingerprint density at radius 3 is 2.79 bits per heavy atom. The summed E-state index contributed by atoms with van der Waals surface area (Å²) in [5, 5.41) is 27.8. The average molecular weight is 269 g/mol. The maximum Gasteiger partial charge on any atom is 0.407 e. The van der Waals surface area contributed by atoms with Gasteiger partial charge in [0.05, 0.1) is 0 Å². The number of hydrogen-bond donors (Lipinski definition) is 3. The van der Waals surface area contributed by atoms with Crippen molar-refractivity contribution in [3.8, 4) is 5.75 Å². The Morgan fingerprint density at radius 1 is 1.42 bits per heavy atom. The van der Waals surface area contributed by atoms with E-state index in [0.717, 1.165) is 6.07 Å². The van der Waals surface area contributed by atoms with Crippen molar-refractivity contribution in [2.24, 2.45) is 5.92 Å². The molecule has 104 valence electrons. The number of aliphatic hydroxyl groups is 1. The molecule has 2 rings (SSSR count). The first-order valence-corrected chi connectivity index (χ1v) is 6.10. The Labute approximate surface area is 109 Å². The number of para-hydroxylation sites is 1. The number of phenols is 1. The Kier molecular flexibility index (Phi) is 3.90. The van der Waals surface area contributed by atoms with Gasteiger partial charge in [0.25, 0.3) is 0 Å². The molecule has 1 aliphatic rings. The number of amides is 1. The lowest BCUT2D eigenvalue weighted by Crippen LogP contribution is -2.26. The van der Waals surface area contributed by atoms with E-state index in [0.29, 0.717) is 12.0 Å². The van der Waals surface area contributed by atoms with Gasteiger partial charge >= 0.3 is 6.09 Å². The molecule has 0 radical (unpaired) electrons. The first-order chi connectivity index (χ1) is 9.04. The molecule has 5 nitrogen and oxygen atoms in total. The van der Waals surface area contributed by atoms with E-state index in [1.54, 1.807) is 6.07 Å². The number of benzene rings is 1. The Hall–Kier alpha value is -1.82. The number of phenolic OH excluding ortho intramolecular Hbond substituents is 1. The van der Waals surface area contributed by atoms with Crippen LogP contribution < -0.4 is 0 Å². The third kappa shape index (κ3) is 2.63. The molecule has 2 atom stereocenters. The van der Waals surface area contributed by atoms with Crippen LogP contribution in [-0.2, 0) is 0 Å². The molecule has 1 aromatic rings. The van der Waals surface area contributed by atoms with E-state index in [9.17, 15) is 14.3 Å². The van der Waals surface area contributed by atoms with Crippen molar-refractivity contribution < 1.29 is 24.5 Å². The van der Waals surface area contributed by atoms with Crippen LogP contribution in [0.25, 0.3) is 0 Å². The number of nitrogens with zero attached hydrogens (tertiary/aromatic N) is 1. The average Bonchev–Trinajstić information content (AvgIpc) is 2.77. The summed E-state index contributed by atoms with van der Waals surface area (Å²) in [7, 11) is 0. The number of rotatable bonds is 3. The molecular formula is C13H16FNO4. The van der Waals surface area contributed by atoms with Gasteiger partial charge < -0.3 is 20.2 Å². The normalized spacial score (nSPS) is 22.7. The molecule has 6 heteroatoms. The highest BCUT2D eigenvalue weighted by Gasteiger charge is 2.37. The summed E-state index contributed by atoms with van der Waals surface area (Å²) in [5.74, 6) is -1.55. The second-order valence-electron chi connectivity index (χ2n) is 4.74. The first kappa shape index (κ1) is 13.6. The van der Waals surface area contributed by atoms with Gasteiger partial charge in [-0.2, -0.15) is 0 Å². The highest BCUT2D eigenvalue weighted by atomic mass is 19.1. The smallest absolute Gasteiger partial charge is 0.407 e. The van der Waals surface area contributed by atoms with Gasteiger partial charge in [0.1, 0.15) is 0 Å². The zero-order valence-electron chi connectivity index (χ0n) is 10.3. The molecule has 2 unspecified atom stereocenters. The third-order valence-corrected chi connectivity index (χ3v) is 3.63. The summed E-state index contributed by atoms with van der Waals surface area (Å²) in [4.78, 5) is 12.2. The van der Waals surface area contributed by atoms with Crippen molar-refractivity contribution in [3.05, 3.63) is 29.6 Å². The van der Waals surface area contributed by atoms with Crippen molar-refractivity contribution in [1.29, 1.82) is 0 Å². The fourth-order valence-corrected chi connectivity index (χ4v) is 2.67. The van der Waals surface area contributed by atoms with E-state index in [1.165, 1.54) is 11.0 Å². The fourth-order valence-electron chi connectivity index (χ4n) is 2.67. The number of aromatic hydroxyl groups is 1. The number of likely N-dealkylation sites (tertiary alicyclic amines) is 1. The highest BCUT2D eigenvalue weighted by Crippen LogP contribution is 2.39. The lowest BCUT2D eigenvalue weighted by molar-refractivity contribution is 0.152. The van der Waals surface area contributed by atoms with Crippen LogP contribution in [0.1, 0.15) is 17.9 Å². The minimum Gasteiger partial charge on any atom is -0.505 e. The summed E-state index contributed by atoms with van der Waals surface area (Å²) in [6.45, 7) is 0.429. The molecule has 1 fully saturated rings. The van der Waals surface area contributed by atoms with Gasteiger partial charge in [-0.05, 0) is 18.4 Å². The second-order valence-corrected chi connectivity index (χ2v) is 4.74. The Balaban J connectivity index is 2.30. The van der Waals surface area contributed by atoms with Crippen LogP contribution in [0.15, 0.2) is 18.2 Å². The van der Waals surface area contributed by atoms with Crippen LogP contribution in [0.3, 0.4) is 0 Å². The highest BCUT2D eigenvalue weighted by molar-refractivity contribution is 5.65. The quantitative estimate of drug-likeness (QED) is 0.778. The van der Waals surface area contributed by atoms with Gasteiger partial charge in [0.2, 0.25) is 0 Å². The van der Waals surface area contributed by atoms with Crippen LogP contribution in [0.2, 0.25) is 0 Å². The molecule has 19 heavy (non-hydrogen) atoms. The van der Waals surface area contributed by atoms with Crippen molar-refractivity contribution in [3.63, 3.8) is 0 Å². The van der Waals surface area contributed by atoms with Crippen LogP contribution in [0.5, 0.6) is 5.75 Å². The number of halogens is 1. The monoisotopic (exact) mass is 269 g/mol.